The van der Waals surface area contributed by atoms with E-state index in [4.69, 9.17) is 0 Å². The van der Waals surface area contributed by atoms with Gasteiger partial charge >= 0.3 is 0 Å². The first kappa shape index (κ1) is 17.4. The molecule has 0 bridgehead atoms. The molecular formula is C25H21N3O. The molecule has 0 spiro atoms. The largest absolute Gasteiger partial charge is 0.361 e. The zero-order valence-electron chi connectivity index (χ0n) is 15.9. The Kier molecular flexibility index (Phi) is 4.24. The lowest BCUT2D eigenvalue weighted by molar-refractivity contribution is -0.122. The fourth-order valence-electron chi connectivity index (χ4n) is 4.30. The summed E-state index contributed by atoms with van der Waals surface area (Å²) in [6.45, 7) is 0. The molecule has 0 saturated heterocycles. The van der Waals surface area contributed by atoms with Gasteiger partial charge in [-0.05, 0) is 23.6 Å². The van der Waals surface area contributed by atoms with Crippen molar-refractivity contribution in [3.63, 3.8) is 0 Å². The van der Waals surface area contributed by atoms with Crippen molar-refractivity contribution >= 4 is 23.0 Å². The Labute approximate surface area is 169 Å². The summed E-state index contributed by atoms with van der Waals surface area (Å²) in [5, 5.41) is 5.32. The lowest BCUT2D eigenvalue weighted by Crippen LogP contribution is -2.25. The third-order valence-corrected chi connectivity index (χ3v) is 5.85. The van der Waals surface area contributed by atoms with Gasteiger partial charge in [-0.3, -0.25) is 4.79 Å². The molecule has 0 aliphatic heterocycles. The Morgan fingerprint density at radius 2 is 1.55 bits per heavy atom. The predicted octanol–water partition coefficient (Wildman–Crippen LogP) is 4.62. The Balaban J connectivity index is 1.37. The highest BCUT2D eigenvalue weighted by atomic mass is 16.2. The Hall–Kier alpha value is -3.66. The maximum Gasteiger partial charge on any atom is 0.244 e. The Morgan fingerprint density at radius 3 is 2.24 bits per heavy atom. The number of hydrazone groups is 1. The quantitative estimate of drug-likeness (QED) is 0.386. The molecule has 2 N–H and O–H groups in total. The summed E-state index contributed by atoms with van der Waals surface area (Å²) in [5.74, 6) is -0.179. The van der Waals surface area contributed by atoms with E-state index < -0.39 is 0 Å². The second-order valence-corrected chi connectivity index (χ2v) is 7.48. The first-order valence-electron chi connectivity index (χ1n) is 9.79. The number of nitrogens with one attached hydrogen (secondary N) is 2. The van der Waals surface area contributed by atoms with Crippen molar-refractivity contribution in [2.45, 2.75) is 11.8 Å². The molecular weight excluding hydrogens is 358 g/mol. The Morgan fingerprint density at radius 1 is 0.931 bits per heavy atom. The van der Waals surface area contributed by atoms with Gasteiger partial charge in [0.15, 0.2) is 0 Å². The monoisotopic (exact) mass is 379 g/mol. The number of rotatable bonds is 5. The minimum absolute atomic E-state index is 0.0474. The Bertz CT molecular complexity index is 1140. The fraction of sp³-hybridized carbons (Fsp3) is 0.120. The average Bonchev–Trinajstić information content (AvgIpc) is 3.43. The number of aromatic nitrogens is 1. The lowest BCUT2D eigenvalue weighted by atomic mass is 9.85. The van der Waals surface area contributed by atoms with Gasteiger partial charge in [-0.2, -0.15) is 5.10 Å². The number of aromatic amines is 1. The number of nitrogens with zero attached hydrogens (tertiary/aromatic N) is 1. The number of H-pyrrole nitrogens is 1. The number of para-hydroxylation sites is 1. The summed E-state index contributed by atoms with van der Waals surface area (Å²) in [6, 6.07) is 28.6. The maximum absolute atomic E-state index is 12.9. The van der Waals surface area contributed by atoms with E-state index in [-0.39, 0.29) is 17.2 Å². The van der Waals surface area contributed by atoms with Crippen molar-refractivity contribution in [1.82, 2.24) is 10.4 Å². The molecule has 0 radical (unpaired) electrons. The summed E-state index contributed by atoms with van der Waals surface area (Å²) in [4.78, 5) is 16.1. The smallest absolute Gasteiger partial charge is 0.244 e. The second-order valence-electron chi connectivity index (χ2n) is 7.48. The first-order chi connectivity index (χ1) is 14.3. The van der Waals surface area contributed by atoms with Crippen LogP contribution >= 0.6 is 0 Å². The van der Waals surface area contributed by atoms with Crippen LogP contribution in [0.5, 0.6) is 0 Å². The standard InChI is InChI=1S/C25H21N3O/c29-24(28-27-17-18-16-26-23-14-8-7-13-21(18)23)22-15-25(22,19-9-3-1-4-10-19)20-11-5-2-6-12-20/h1-14,16-17,22,26H,15H2,(H,28,29)/t22-/m1/s1. The van der Waals surface area contributed by atoms with Crippen molar-refractivity contribution in [3.05, 3.63) is 108 Å². The van der Waals surface area contributed by atoms with E-state index in [0.717, 1.165) is 22.9 Å². The van der Waals surface area contributed by atoms with Gasteiger partial charge in [-0.15, -0.1) is 0 Å². The summed E-state index contributed by atoms with van der Waals surface area (Å²) in [5.41, 5.74) is 6.83. The molecule has 4 heteroatoms. The lowest BCUT2D eigenvalue weighted by Gasteiger charge is -2.18. The molecule has 1 amide bonds. The molecule has 0 unspecified atom stereocenters. The summed E-state index contributed by atoms with van der Waals surface area (Å²) in [6.07, 6.45) is 4.39. The zero-order chi connectivity index (χ0) is 19.7. The van der Waals surface area contributed by atoms with Crippen molar-refractivity contribution < 1.29 is 4.79 Å². The number of carbonyl (C=O) groups excluding carboxylic acids is 1. The number of amides is 1. The van der Waals surface area contributed by atoms with Crippen molar-refractivity contribution in [1.29, 1.82) is 0 Å². The van der Waals surface area contributed by atoms with E-state index in [2.05, 4.69) is 39.8 Å². The summed E-state index contributed by atoms with van der Waals surface area (Å²) in [7, 11) is 0. The second kappa shape index (κ2) is 7.06. The summed E-state index contributed by atoms with van der Waals surface area (Å²) < 4.78 is 0. The van der Waals surface area contributed by atoms with Crippen molar-refractivity contribution in [2.75, 3.05) is 0 Å². The van der Waals surface area contributed by atoms with Gasteiger partial charge in [0, 0.05) is 28.1 Å². The van der Waals surface area contributed by atoms with Crippen LogP contribution in [0.2, 0.25) is 0 Å². The van der Waals surface area contributed by atoms with E-state index in [1.54, 1.807) is 6.21 Å². The van der Waals surface area contributed by atoms with Gasteiger partial charge < -0.3 is 4.98 Å². The van der Waals surface area contributed by atoms with Crippen LogP contribution in [-0.2, 0) is 10.2 Å². The van der Waals surface area contributed by atoms with Gasteiger partial charge in [-0.1, -0.05) is 78.9 Å². The fourth-order valence-corrected chi connectivity index (χ4v) is 4.30. The minimum atomic E-state index is -0.275. The molecule has 142 valence electrons. The van der Waals surface area contributed by atoms with E-state index in [1.807, 2.05) is 66.9 Å². The highest BCUT2D eigenvalue weighted by Gasteiger charge is 2.60. The van der Waals surface area contributed by atoms with Crippen LogP contribution < -0.4 is 5.43 Å². The highest BCUT2D eigenvalue weighted by molar-refractivity contribution is 5.99. The highest BCUT2D eigenvalue weighted by Crippen LogP contribution is 2.58. The molecule has 1 fully saturated rings. The molecule has 1 atom stereocenters. The van der Waals surface area contributed by atoms with Crippen LogP contribution in [0.3, 0.4) is 0 Å². The maximum atomic E-state index is 12.9. The number of benzene rings is 3. The molecule has 1 heterocycles. The van der Waals surface area contributed by atoms with E-state index in [1.165, 1.54) is 11.1 Å². The normalized spacial score (nSPS) is 17.4. The molecule has 4 nitrogen and oxygen atoms in total. The van der Waals surface area contributed by atoms with Crippen molar-refractivity contribution in [2.24, 2.45) is 11.0 Å². The molecule has 1 aliphatic carbocycles. The van der Waals surface area contributed by atoms with Crippen LogP contribution in [0, 0.1) is 5.92 Å². The van der Waals surface area contributed by atoms with E-state index in [9.17, 15) is 4.79 Å². The molecule has 5 rings (SSSR count). The van der Waals surface area contributed by atoms with Crippen LogP contribution in [0.1, 0.15) is 23.1 Å². The molecule has 1 aromatic heterocycles. The summed E-state index contributed by atoms with van der Waals surface area (Å²) >= 11 is 0. The average molecular weight is 379 g/mol. The predicted molar refractivity (Wildman–Crippen MR) is 116 cm³/mol. The first-order valence-corrected chi connectivity index (χ1v) is 9.79. The molecule has 29 heavy (non-hydrogen) atoms. The number of hydrogen-bond acceptors (Lipinski definition) is 2. The number of fused-ring (bicyclic) bond motifs is 1. The minimum Gasteiger partial charge on any atom is -0.361 e. The third kappa shape index (κ3) is 3.03. The van der Waals surface area contributed by atoms with Crippen molar-refractivity contribution in [3.8, 4) is 0 Å². The van der Waals surface area contributed by atoms with Crippen LogP contribution in [-0.4, -0.2) is 17.1 Å². The number of carbonyl (C=O) groups is 1. The topological polar surface area (TPSA) is 57.2 Å². The number of hydrogen-bond donors (Lipinski definition) is 2. The van der Waals surface area contributed by atoms with Gasteiger partial charge in [0.05, 0.1) is 12.1 Å². The van der Waals surface area contributed by atoms with Crippen LogP contribution in [0.25, 0.3) is 10.9 Å². The van der Waals surface area contributed by atoms with Gasteiger partial charge in [0.1, 0.15) is 0 Å². The van der Waals surface area contributed by atoms with Gasteiger partial charge in [0.2, 0.25) is 5.91 Å². The SMILES string of the molecule is O=C(NN=Cc1c[nH]c2ccccc12)[C@H]1CC1(c1ccccc1)c1ccccc1. The van der Waals surface area contributed by atoms with Gasteiger partial charge in [-0.25, -0.2) is 5.43 Å². The van der Waals surface area contributed by atoms with E-state index >= 15 is 0 Å². The molecule has 1 saturated carbocycles. The zero-order valence-corrected chi connectivity index (χ0v) is 15.9. The third-order valence-electron chi connectivity index (χ3n) is 5.85. The van der Waals surface area contributed by atoms with Crippen LogP contribution in [0.15, 0.2) is 96.2 Å². The molecule has 4 aromatic rings. The van der Waals surface area contributed by atoms with Crippen LogP contribution in [0.4, 0.5) is 0 Å². The van der Waals surface area contributed by atoms with Gasteiger partial charge in [0.25, 0.3) is 0 Å². The molecule has 3 aromatic carbocycles. The van der Waals surface area contributed by atoms with E-state index in [0.29, 0.717) is 0 Å². The molecule has 1 aliphatic rings.